The van der Waals surface area contributed by atoms with Gasteiger partial charge in [0.1, 0.15) is 5.37 Å². The van der Waals surface area contributed by atoms with E-state index in [1.54, 1.807) is 35.2 Å². The molecule has 1 aliphatic rings. The highest BCUT2D eigenvalue weighted by Crippen LogP contribution is 2.38. The monoisotopic (exact) mass is 391 g/mol. The fourth-order valence-electron chi connectivity index (χ4n) is 3.33. The van der Waals surface area contributed by atoms with Gasteiger partial charge in [0.25, 0.3) is 0 Å². The Morgan fingerprint density at radius 2 is 1.65 bits per heavy atom. The second kappa shape index (κ2) is 7.89. The lowest BCUT2D eigenvalue weighted by Gasteiger charge is -2.40. The van der Waals surface area contributed by atoms with Gasteiger partial charge in [-0.1, -0.05) is 45.4 Å². The van der Waals surface area contributed by atoms with Crippen LogP contribution in [0.15, 0.2) is 35.2 Å². The molecular formula is C19H28F3NO2S. The molecule has 0 bridgehead atoms. The third kappa shape index (κ3) is 5.00. The van der Waals surface area contributed by atoms with Crippen LogP contribution in [0.5, 0.6) is 0 Å². The number of halogens is 3. The Balaban J connectivity index is 2.29. The van der Waals surface area contributed by atoms with Crippen LogP contribution in [0.1, 0.15) is 46.5 Å². The molecule has 1 fully saturated rings. The normalized spacial score (nSPS) is 19.5. The number of rotatable bonds is 6. The summed E-state index contributed by atoms with van der Waals surface area (Å²) in [5, 5.41) is -0.797. The highest BCUT2D eigenvalue weighted by Gasteiger charge is 2.44. The van der Waals surface area contributed by atoms with Crippen LogP contribution in [0.3, 0.4) is 0 Å². The standard InChI is InChI=1S/C19H28F3NO2S/c1-4-18(2,3)14-17(26(24,25)16-8-6-5-7-9-16)23-12-10-15(11-13-23)19(20,21)22/h5-9,15,17H,4,10-14H2,1-3H3. The quantitative estimate of drug-likeness (QED) is 0.693. The maximum Gasteiger partial charge on any atom is 0.391 e. The molecule has 1 aromatic rings. The summed E-state index contributed by atoms with van der Waals surface area (Å²) in [5.74, 6) is -1.34. The molecule has 7 heteroatoms. The lowest BCUT2D eigenvalue weighted by atomic mass is 9.85. The van der Waals surface area contributed by atoms with E-state index in [2.05, 4.69) is 0 Å². The molecule has 0 N–H and O–H groups in total. The van der Waals surface area contributed by atoms with Crippen LogP contribution in [-0.4, -0.2) is 38.0 Å². The SMILES string of the molecule is CCC(C)(C)CC(N1CCC(C(F)(F)F)CC1)S(=O)(=O)c1ccccc1. The lowest BCUT2D eigenvalue weighted by molar-refractivity contribution is -0.185. The van der Waals surface area contributed by atoms with Gasteiger partial charge in [0.2, 0.25) is 0 Å². The minimum absolute atomic E-state index is 0.0448. The number of likely N-dealkylation sites (tertiary alicyclic amines) is 1. The van der Waals surface area contributed by atoms with Gasteiger partial charge in [0.15, 0.2) is 9.84 Å². The summed E-state index contributed by atoms with van der Waals surface area (Å²) in [7, 11) is -3.65. The van der Waals surface area contributed by atoms with Crippen LogP contribution in [0, 0.1) is 11.3 Å². The van der Waals surface area contributed by atoms with Gasteiger partial charge in [0.05, 0.1) is 10.8 Å². The minimum atomic E-state index is -4.21. The second-order valence-electron chi connectivity index (χ2n) is 7.89. The molecule has 1 aliphatic heterocycles. The summed E-state index contributed by atoms with van der Waals surface area (Å²) < 4.78 is 65.4. The molecule has 26 heavy (non-hydrogen) atoms. The lowest BCUT2D eigenvalue weighted by Crippen LogP contribution is -2.49. The van der Waals surface area contributed by atoms with Crippen molar-refractivity contribution in [3.05, 3.63) is 30.3 Å². The van der Waals surface area contributed by atoms with E-state index >= 15 is 0 Å². The molecule has 0 aliphatic carbocycles. The number of piperidine rings is 1. The van der Waals surface area contributed by atoms with Gasteiger partial charge in [0, 0.05) is 0 Å². The predicted molar refractivity (Wildman–Crippen MR) is 96.5 cm³/mol. The van der Waals surface area contributed by atoms with Crippen molar-refractivity contribution in [3.63, 3.8) is 0 Å². The third-order valence-corrected chi connectivity index (χ3v) is 7.62. The average Bonchev–Trinajstić information content (AvgIpc) is 2.60. The van der Waals surface area contributed by atoms with Crippen LogP contribution in [0.25, 0.3) is 0 Å². The molecule has 0 amide bonds. The largest absolute Gasteiger partial charge is 0.391 e. The molecule has 0 saturated carbocycles. The van der Waals surface area contributed by atoms with Crippen LogP contribution in [-0.2, 0) is 9.84 Å². The highest BCUT2D eigenvalue weighted by molar-refractivity contribution is 7.92. The van der Waals surface area contributed by atoms with Crippen molar-refractivity contribution in [2.24, 2.45) is 11.3 Å². The zero-order valence-corrected chi connectivity index (χ0v) is 16.4. The smallest absolute Gasteiger partial charge is 0.287 e. The Morgan fingerprint density at radius 3 is 2.12 bits per heavy atom. The summed E-state index contributed by atoms with van der Waals surface area (Å²) in [6.45, 7) is 6.31. The topological polar surface area (TPSA) is 37.4 Å². The van der Waals surface area contributed by atoms with E-state index in [0.717, 1.165) is 6.42 Å². The van der Waals surface area contributed by atoms with Crippen molar-refractivity contribution in [1.82, 2.24) is 4.90 Å². The number of hydrogen-bond donors (Lipinski definition) is 0. The van der Waals surface area contributed by atoms with E-state index in [-0.39, 0.29) is 36.2 Å². The number of nitrogens with zero attached hydrogens (tertiary/aromatic N) is 1. The maximum absolute atomic E-state index is 13.2. The predicted octanol–water partition coefficient (Wildman–Crippen LogP) is 4.89. The third-order valence-electron chi connectivity index (χ3n) is 5.51. The summed E-state index contributed by atoms with van der Waals surface area (Å²) >= 11 is 0. The number of alkyl halides is 3. The highest BCUT2D eigenvalue weighted by atomic mass is 32.2. The van der Waals surface area contributed by atoms with Gasteiger partial charge in [-0.2, -0.15) is 13.2 Å². The summed E-state index contributed by atoms with van der Waals surface area (Å²) in [4.78, 5) is 1.97. The Morgan fingerprint density at radius 1 is 1.12 bits per heavy atom. The molecule has 3 nitrogen and oxygen atoms in total. The van der Waals surface area contributed by atoms with Gasteiger partial charge in [-0.25, -0.2) is 8.42 Å². The summed E-state index contributed by atoms with van der Waals surface area (Å²) in [6, 6.07) is 8.21. The van der Waals surface area contributed by atoms with Gasteiger partial charge >= 0.3 is 6.18 Å². The fraction of sp³-hybridized carbons (Fsp3) is 0.684. The molecule has 1 saturated heterocycles. The van der Waals surface area contributed by atoms with Crippen LogP contribution in [0.4, 0.5) is 13.2 Å². The van der Waals surface area contributed by atoms with Crippen LogP contribution in [0.2, 0.25) is 0 Å². The zero-order chi connectivity index (χ0) is 19.6. The summed E-state index contributed by atoms with van der Waals surface area (Å²) in [6.07, 6.45) is -3.10. The Bertz CT molecular complexity index is 678. The van der Waals surface area contributed by atoms with E-state index in [1.807, 2.05) is 20.8 Å². The Kier molecular flexibility index (Phi) is 6.44. The van der Waals surface area contributed by atoms with Crippen LogP contribution >= 0.6 is 0 Å². The first kappa shape index (κ1) is 21.2. The van der Waals surface area contributed by atoms with Crippen molar-refractivity contribution < 1.29 is 21.6 Å². The zero-order valence-electron chi connectivity index (χ0n) is 15.6. The molecule has 2 rings (SSSR count). The van der Waals surface area contributed by atoms with E-state index in [1.165, 1.54) is 0 Å². The molecular weight excluding hydrogens is 363 g/mol. The van der Waals surface area contributed by atoms with E-state index in [4.69, 9.17) is 0 Å². The first-order chi connectivity index (χ1) is 12.0. The van der Waals surface area contributed by atoms with Crippen molar-refractivity contribution >= 4 is 9.84 Å². The number of benzene rings is 1. The summed E-state index contributed by atoms with van der Waals surface area (Å²) in [5.41, 5.74) is -0.215. The van der Waals surface area contributed by atoms with Crippen molar-refractivity contribution in [3.8, 4) is 0 Å². The van der Waals surface area contributed by atoms with Gasteiger partial charge in [-0.3, -0.25) is 4.90 Å². The molecule has 1 unspecified atom stereocenters. The maximum atomic E-state index is 13.2. The molecule has 1 aromatic carbocycles. The molecule has 1 heterocycles. The average molecular weight is 391 g/mol. The van der Waals surface area contributed by atoms with Crippen molar-refractivity contribution in [2.45, 2.75) is 62.9 Å². The van der Waals surface area contributed by atoms with E-state index in [0.29, 0.717) is 6.42 Å². The number of hydrogen-bond acceptors (Lipinski definition) is 3. The Hall–Kier alpha value is -1.08. The molecule has 0 radical (unpaired) electrons. The van der Waals surface area contributed by atoms with Gasteiger partial charge in [-0.15, -0.1) is 0 Å². The van der Waals surface area contributed by atoms with Gasteiger partial charge in [-0.05, 0) is 49.9 Å². The molecule has 148 valence electrons. The molecule has 0 spiro atoms. The number of sulfone groups is 1. The minimum Gasteiger partial charge on any atom is -0.287 e. The first-order valence-electron chi connectivity index (χ1n) is 9.07. The van der Waals surface area contributed by atoms with Crippen LogP contribution < -0.4 is 0 Å². The fourth-order valence-corrected chi connectivity index (χ4v) is 5.46. The molecule has 1 atom stereocenters. The van der Waals surface area contributed by atoms with E-state index < -0.39 is 27.3 Å². The molecule has 0 aromatic heterocycles. The second-order valence-corrected chi connectivity index (χ2v) is 9.99. The van der Waals surface area contributed by atoms with Crippen molar-refractivity contribution in [1.29, 1.82) is 0 Å². The van der Waals surface area contributed by atoms with Gasteiger partial charge < -0.3 is 0 Å². The van der Waals surface area contributed by atoms with E-state index in [9.17, 15) is 21.6 Å². The van der Waals surface area contributed by atoms with Crippen molar-refractivity contribution in [2.75, 3.05) is 13.1 Å². The first-order valence-corrected chi connectivity index (χ1v) is 10.6. The Labute approximate surface area is 154 Å².